The largest absolute Gasteiger partial charge is 0.390 e. The summed E-state index contributed by atoms with van der Waals surface area (Å²) in [4.78, 5) is 114. The Morgan fingerprint density at radius 3 is 1.09 bits per heavy atom. The van der Waals surface area contributed by atoms with Crippen molar-refractivity contribution in [3.63, 3.8) is 0 Å². The fourth-order valence-corrected chi connectivity index (χ4v) is 12.1. The Balaban J connectivity index is 1.57. The third-order valence-corrected chi connectivity index (χ3v) is 17.8. The van der Waals surface area contributed by atoms with Gasteiger partial charge in [-0.3, -0.25) is 43.2 Å². The Labute approximate surface area is 552 Å². The molecule has 27 nitrogen and oxygen atoms in total. The molecule has 13 N–H and O–H groups in total. The summed E-state index contributed by atoms with van der Waals surface area (Å²) in [6.45, 7) is 17.5. The van der Waals surface area contributed by atoms with Crippen molar-refractivity contribution in [1.29, 1.82) is 0 Å². The number of primary amides is 1. The summed E-state index contributed by atoms with van der Waals surface area (Å²) in [5.74, 6) is -3.53. The second kappa shape index (κ2) is 46.1. The lowest BCUT2D eigenvalue weighted by atomic mass is 9.88. The van der Waals surface area contributed by atoms with Crippen LogP contribution in [0, 0.1) is 17.8 Å². The van der Waals surface area contributed by atoms with Crippen molar-refractivity contribution in [2.24, 2.45) is 23.5 Å². The SMILES string of the molecule is CCC1OC(OCCCCCC(=O)NCCCCC(NC(=O)CCCCCOC2OC(CC)C(C)C(O)C2NC(C)=O)C(=O)NC(CCCCNC(=O)CCCCCOC2OC(CC)C(C)C(O)C2NC(C)=O)C(=O)NCCCCCC(N)=O)C(NC(C)=O)C(O)C1C. The van der Waals surface area contributed by atoms with Gasteiger partial charge in [0.15, 0.2) is 18.9 Å². The fourth-order valence-electron chi connectivity index (χ4n) is 12.1. The number of hydrogen-bond donors (Lipinski definition) is 12. The van der Waals surface area contributed by atoms with Crippen molar-refractivity contribution < 1.29 is 86.9 Å². The molecular weight excluding hydrogens is 1210 g/mol. The minimum absolute atomic E-state index is 0.0873. The fraction of sp³-hybridized carbons (Fsp3) is 0.864. The molecule has 9 amide bonds. The third-order valence-electron chi connectivity index (χ3n) is 17.8. The second-order valence-corrected chi connectivity index (χ2v) is 25.6. The van der Waals surface area contributed by atoms with E-state index < -0.39 is 85.1 Å². The summed E-state index contributed by atoms with van der Waals surface area (Å²) in [5, 5.41) is 55.6. The predicted octanol–water partition coefficient (Wildman–Crippen LogP) is 3.33. The van der Waals surface area contributed by atoms with Crippen LogP contribution in [0.1, 0.15) is 223 Å². The molecule has 0 bridgehead atoms. The smallest absolute Gasteiger partial charge is 0.243 e. The number of amides is 9. The second-order valence-electron chi connectivity index (χ2n) is 25.6. The van der Waals surface area contributed by atoms with Gasteiger partial charge in [-0.1, -0.05) is 67.2 Å². The number of hydrogen-bond acceptors (Lipinski definition) is 18. The van der Waals surface area contributed by atoms with E-state index >= 15 is 0 Å². The number of rotatable bonds is 47. The van der Waals surface area contributed by atoms with Crippen LogP contribution in [-0.4, -0.2) is 194 Å². The van der Waals surface area contributed by atoms with Crippen molar-refractivity contribution in [1.82, 2.24) is 42.5 Å². The third kappa shape index (κ3) is 31.5. The molecule has 0 aliphatic carbocycles. The Bertz CT molecular complexity index is 2240. The van der Waals surface area contributed by atoms with Crippen molar-refractivity contribution in [3.8, 4) is 0 Å². The lowest BCUT2D eigenvalue weighted by Gasteiger charge is -2.43. The molecule has 0 saturated carbocycles. The van der Waals surface area contributed by atoms with Crippen LogP contribution in [0.25, 0.3) is 0 Å². The molecule has 17 unspecified atom stereocenters. The molecule has 3 fully saturated rings. The molecule has 27 heteroatoms. The van der Waals surface area contributed by atoms with Crippen LogP contribution in [0.15, 0.2) is 0 Å². The van der Waals surface area contributed by atoms with E-state index in [9.17, 15) is 58.5 Å². The van der Waals surface area contributed by atoms with Crippen LogP contribution in [0.3, 0.4) is 0 Å². The van der Waals surface area contributed by atoms with Gasteiger partial charge in [-0.25, -0.2) is 0 Å². The summed E-state index contributed by atoms with van der Waals surface area (Å²) >= 11 is 0. The highest BCUT2D eigenvalue weighted by molar-refractivity contribution is 5.92. The van der Waals surface area contributed by atoms with E-state index in [4.69, 9.17) is 34.2 Å². The molecule has 3 saturated heterocycles. The molecule has 3 rings (SSSR count). The van der Waals surface area contributed by atoms with Crippen molar-refractivity contribution in [3.05, 3.63) is 0 Å². The van der Waals surface area contributed by atoms with E-state index in [1.165, 1.54) is 20.8 Å². The van der Waals surface area contributed by atoms with Crippen LogP contribution >= 0.6 is 0 Å². The zero-order chi connectivity index (χ0) is 68.8. The first-order chi connectivity index (χ1) is 44.4. The predicted molar refractivity (Wildman–Crippen MR) is 347 cm³/mol. The maximum atomic E-state index is 14.3. The summed E-state index contributed by atoms with van der Waals surface area (Å²) in [5.41, 5.74) is 5.30. The van der Waals surface area contributed by atoms with Crippen molar-refractivity contribution in [2.75, 3.05) is 39.5 Å². The summed E-state index contributed by atoms with van der Waals surface area (Å²) in [6.07, 6.45) is 6.73. The van der Waals surface area contributed by atoms with Crippen molar-refractivity contribution in [2.45, 2.75) is 309 Å². The van der Waals surface area contributed by atoms with Crippen LogP contribution in [0.2, 0.25) is 0 Å². The molecule has 0 aromatic carbocycles. The molecule has 17 atom stereocenters. The van der Waals surface area contributed by atoms with Gasteiger partial charge in [0.1, 0.15) is 30.2 Å². The molecule has 3 heterocycles. The van der Waals surface area contributed by atoms with E-state index in [1.807, 2.05) is 41.5 Å². The normalized spacial score (nSPS) is 26.8. The molecule has 536 valence electrons. The Morgan fingerprint density at radius 2 is 0.731 bits per heavy atom. The van der Waals surface area contributed by atoms with Gasteiger partial charge in [0.2, 0.25) is 53.2 Å². The molecular formula is C66H119N9O18. The van der Waals surface area contributed by atoms with E-state index in [0.29, 0.717) is 148 Å². The first-order valence-corrected chi connectivity index (χ1v) is 34.8. The minimum Gasteiger partial charge on any atom is -0.390 e. The van der Waals surface area contributed by atoms with Crippen LogP contribution in [-0.2, 0) is 71.6 Å². The first kappa shape index (κ1) is 82.1. The number of ether oxygens (including phenoxy) is 6. The number of nitrogens with two attached hydrogens (primary N) is 1. The summed E-state index contributed by atoms with van der Waals surface area (Å²) in [6, 6.07) is -4.16. The molecule has 0 spiro atoms. The average Bonchev–Trinajstić information content (AvgIpc) is 1.04. The summed E-state index contributed by atoms with van der Waals surface area (Å²) < 4.78 is 36.3. The number of carbonyl (C=O) groups excluding carboxylic acids is 9. The monoisotopic (exact) mass is 1330 g/mol. The van der Waals surface area contributed by atoms with E-state index in [2.05, 4.69) is 42.5 Å². The highest BCUT2D eigenvalue weighted by Crippen LogP contribution is 2.31. The van der Waals surface area contributed by atoms with Crippen molar-refractivity contribution >= 4 is 53.2 Å². The number of unbranched alkanes of at least 4 members (excludes halogenated alkanes) is 10. The van der Waals surface area contributed by atoms with Gasteiger partial charge in [-0.15, -0.1) is 0 Å². The molecule has 0 aromatic heterocycles. The van der Waals surface area contributed by atoms with Gasteiger partial charge >= 0.3 is 0 Å². The number of aliphatic hydroxyl groups excluding tert-OH is 3. The van der Waals surface area contributed by atoms with Crippen LogP contribution in [0.5, 0.6) is 0 Å². The standard InChI is InChI=1S/C66H119N9O18/c1-10-49-41(4)59(83)56(71-44(7)76)64(91-49)88-38-26-14-18-32-53(80)68-35-24-21-29-47(62(86)70-37-23-13-17-31-52(67)79)75-63(87)48(74-55(82)34-20-16-28-40-90-66-58(73-46(9)78)61(85)43(6)51(12-3)93-66)30-22-25-36-69-54(81)33-19-15-27-39-89-65-57(72-45(8)77)60(84)42(5)50(11-2)92-65/h41-43,47-51,56-61,64-66,83-85H,10-40H2,1-9H3,(H2,67,79)(H,68,80)(H,69,81)(H,70,86)(H,71,76)(H,72,77)(H,73,78)(H,74,82)(H,75,87). The van der Waals surface area contributed by atoms with Gasteiger partial charge in [0.05, 0.1) is 36.6 Å². The van der Waals surface area contributed by atoms with Gasteiger partial charge in [0, 0.05) is 104 Å². The average molecular weight is 1330 g/mol. The van der Waals surface area contributed by atoms with Crippen LogP contribution < -0.4 is 48.3 Å². The topological polar surface area (TPSA) is 392 Å². The van der Waals surface area contributed by atoms with E-state index in [0.717, 1.165) is 0 Å². The Hall–Kier alpha value is -5.13. The van der Waals surface area contributed by atoms with E-state index in [1.54, 1.807) is 0 Å². The molecule has 0 aromatic rings. The zero-order valence-corrected chi connectivity index (χ0v) is 57.3. The number of aliphatic hydroxyl groups is 3. The quantitative estimate of drug-likeness (QED) is 0.0389. The van der Waals surface area contributed by atoms with Gasteiger partial charge < -0.3 is 92.0 Å². The molecule has 0 radical (unpaired) electrons. The van der Waals surface area contributed by atoms with Gasteiger partial charge in [-0.05, 0) is 109 Å². The minimum atomic E-state index is -1.03. The highest BCUT2D eigenvalue weighted by Gasteiger charge is 2.46. The molecule has 3 aliphatic rings. The van der Waals surface area contributed by atoms with Gasteiger partial charge in [-0.2, -0.15) is 0 Å². The maximum Gasteiger partial charge on any atom is 0.243 e. The maximum absolute atomic E-state index is 14.3. The Kier molecular flexibility index (Phi) is 40.7. The summed E-state index contributed by atoms with van der Waals surface area (Å²) in [7, 11) is 0. The first-order valence-electron chi connectivity index (χ1n) is 34.8. The lowest BCUT2D eigenvalue weighted by Crippen LogP contribution is -2.61. The highest BCUT2D eigenvalue weighted by atomic mass is 16.7. The zero-order valence-electron chi connectivity index (χ0n) is 57.3. The lowest BCUT2D eigenvalue weighted by molar-refractivity contribution is -0.249. The molecule has 93 heavy (non-hydrogen) atoms. The van der Waals surface area contributed by atoms with E-state index in [-0.39, 0.29) is 123 Å². The number of nitrogens with one attached hydrogen (secondary N) is 8. The number of carbonyl (C=O) groups is 9. The van der Waals surface area contributed by atoms with Crippen LogP contribution in [0.4, 0.5) is 0 Å². The van der Waals surface area contributed by atoms with Gasteiger partial charge in [0.25, 0.3) is 0 Å². The molecule has 3 aliphatic heterocycles. The Morgan fingerprint density at radius 1 is 0.409 bits per heavy atom.